The molecule has 0 aliphatic rings. The van der Waals surface area contributed by atoms with Gasteiger partial charge >= 0.3 is 0 Å². The Morgan fingerprint density at radius 2 is 2.17 bits per heavy atom. The summed E-state index contributed by atoms with van der Waals surface area (Å²) in [5.74, 6) is 0.888. The lowest BCUT2D eigenvalue weighted by Gasteiger charge is -2.15. The number of rotatable bonds is 7. The van der Waals surface area contributed by atoms with Gasteiger partial charge < -0.3 is 20.5 Å². The highest BCUT2D eigenvalue weighted by atomic mass is 16.5. The molecule has 0 spiro atoms. The van der Waals surface area contributed by atoms with Crippen molar-refractivity contribution in [2.24, 2.45) is 5.73 Å². The average Bonchev–Trinajstić information content (AvgIpc) is 2.37. The van der Waals surface area contributed by atoms with Crippen LogP contribution in [0.2, 0.25) is 0 Å². The molecule has 5 heteroatoms. The van der Waals surface area contributed by atoms with Crippen LogP contribution in [-0.2, 0) is 4.79 Å². The Morgan fingerprint density at radius 1 is 1.44 bits per heavy atom. The third kappa shape index (κ3) is 3.92. The molecule has 1 rings (SSSR count). The van der Waals surface area contributed by atoms with Crippen LogP contribution in [0.5, 0.6) is 11.5 Å². The van der Waals surface area contributed by atoms with Crippen molar-refractivity contribution >= 4 is 5.91 Å². The zero-order valence-electron chi connectivity index (χ0n) is 11.0. The Morgan fingerprint density at radius 3 is 2.72 bits per heavy atom. The van der Waals surface area contributed by atoms with Gasteiger partial charge in [-0.05, 0) is 31.7 Å². The Labute approximate surface area is 107 Å². The van der Waals surface area contributed by atoms with E-state index < -0.39 is 0 Å². The highest BCUT2D eigenvalue weighted by molar-refractivity contribution is 5.73. The number of carbonyl (C=O) groups excluding carboxylic acids is 1. The largest absolute Gasteiger partial charge is 0.493 e. The Bertz CT molecular complexity index is 407. The first-order valence-corrected chi connectivity index (χ1v) is 5.84. The molecule has 0 fully saturated rings. The predicted molar refractivity (Wildman–Crippen MR) is 69.8 cm³/mol. The molecule has 1 amide bonds. The van der Waals surface area contributed by atoms with E-state index in [1.807, 2.05) is 25.2 Å². The van der Waals surface area contributed by atoms with Gasteiger partial charge in [0.2, 0.25) is 5.91 Å². The van der Waals surface area contributed by atoms with Crippen LogP contribution in [0.15, 0.2) is 18.2 Å². The number of hydrogen-bond donors (Lipinski definition) is 2. The minimum atomic E-state index is -0.380. The minimum Gasteiger partial charge on any atom is -0.493 e. The van der Waals surface area contributed by atoms with E-state index in [9.17, 15) is 4.79 Å². The summed E-state index contributed by atoms with van der Waals surface area (Å²) in [4.78, 5) is 10.6. The van der Waals surface area contributed by atoms with Gasteiger partial charge in [0.15, 0.2) is 11.5 Å². The van der Waals surface area contributed by atoms with Gasteiger partial charge in [0, 0.05) is 6.04 Å². The normalized spacial score (nSPS) is 11.9. The number of methoxy groups -OCH3 is 1. The molecule has 1 aromatic rings. The van der Waals surface area contributed by atoms with E-state index >= 15 is 0 Å². The average molecular weight is 252 g/mol. The van der Waals surface area contributed by atoms with E-state index in [1.165, 1.54) is 0 Å². The van der Waals surface area contributed by atoms with Crippen LogP contribution in [-0.4, -0.2) is 26.7 Å². The van der Waals surface area contributed by atoms with Gasteiger partial charge in [-0.3, -0.25) is 4.79 Å². The molecule has 0 saturated heterocycles. The zero-order chi connectivity index (χ0) is 13.5. The quantitative estimate of drug-likeness (QED) is 0.765. The molecular weight excluding hydrogens is 232 g/mol. The van der Waals surface area contributed by atoms with Gasteiger partial charge in [-0.25, -0.2) is 0 Å². The number of benzene rings is 1. The molecule has 1 atom stereocenters. The second-order valence-corrected chi connectivity index (χ2v) is 3.99. The second kappa shape index (κ2) is 6.86. The van der Waals surface area contributed by atoms with E-state index in [0.29, 0.717) is 11.5 Å². The Hall–Kier alpha value is -1.75. The summed E-state index contributed by atoms with van der Waals surface area (Å²) in [6.07, 6.45) is 0.192. The number of ether oxygens (including phenoxy) is 2. The van der Waals surface area contributed by atoms with Crippen LogP contribution in [0.25, 0.3) is 0 Å². The minimum absolute atomic E-state index is 0.192. The number of primary amides is 1. The van der Waals surface area contributed by atoms with Crippen LogP contribution < -0.4 is 20.5 Å². The number of hydrogen-bond acceptors (Lipinski definition) is 4. The lowest BCUT2D eigenvalue weighted by molar-refractivity contribution is -0.118. The Balaban J connectivity index is 2.76. The summed E-state index contributed by atoms with van der Waals surface area (Å²) in [6.45, 7) is 2.31. The topological polar surface area (TPSA) is 73.6 Å². The standard InChI is InChI=1S/C13H20N2O3/c1-9(15-2)10-4-5-11(12(8-10)17-3)18-7-6-13(14)16/h4-5,8-9,15H,6-7H2,1-3H3,(H2,14,16). The monoisotopic (exact) mass is 252 g/mol. The Kier molecular flexibility index (Phi) is 5.45. The van der Waals surface area contributed by atoms with Gasteiger partial charge in [-0.1, -0.05) is 6.07 Å². The van der Waals surface area contributed by atoms with Crippen molar-refractivity contribution in [3.8, 4) is 11.5 Å². The summed E-state index contributed by atoms with van der Waals surface area (Å²) < 4.78 is 10.7. The number of carbonyl (C=O) groups is 1. The molecule has 1 aromatic carbocycles. The van der Waals surface area contributed by atoms with Crippen LogP contribution in [0.3, 0.4) is 0 Å². The number of nitrogens with one attached hydrogen (secondary N) is 1. The van der Waals surface area contributed by atoms with Crippen molar-refractivity contribution in [1.82, 2.24) is 5.32 Å². The first-order valence-electron chi connectivity index (χ1n) is 5.84. The SMILES string of the molecule is CNC(C)c1ccc(OCCC(N)=O)c(OC)c1. The van der Waals surface area contributed by atoms with Crippen molar-refractivity contribution < 1.29 is 14.3 Å². The molecule has 0 saturated carbocycles. The number of amides is 1. The fraction of sp³-hybridized carbons (Fsp3) is 0.462. The van der Waals surface area contributed by atoms with Crippen molar-refractivity contribution in [2.75, 3.05) is 20.8 Å². The van der Waals surface area contributed by atoms with Crippen LogP contribution in [0, 0.1) is 0 Å². The zero-order valence-corrected chi connectivity index (χ0v) is 11.0. The van der Waals surface area contributed by atoms with E-state index in [2.05, 4.69) is 12.2 Å². The fourth-order valence-corrected chi connectivity index (χ4v) is 1.50. The molecule has 0 radical (unpaired) electrons. The van der Waals surface area contributed by atoms with Gasteiger partial charge in [-0.2, -0.15) is 0 Å². The maximum atomic E-state index is 10.6. The van der Waals surface area contributed by atoms with Gasteiger partial charge in [0.25, 0.3) is 0 Å². The highest BCUT2D eigenvalue weighted by Gasteiger charge is 2.09. The lowest BCUT2D eigenvalue weighted by Crippen LogP contribution is -2.15. The maximum absolute atomic E-state index is 10.6. The smallest absolute Gasteiger partial charge is 0.220 e. The van der Waals surface area contributed by atoms with Crippen molar-refractivity contribution in [3.63, 3.8) is 0 Å². The summed E-state index contributed by atoms with van der Waals surface area (Å²) in [6, 6.07) is 5.95. The molecule has 18 heavy (non-hydrogen) atoms. The van der Waals surface area contributed by atoms with Crippen LogP contribution in [0.4, 0.5) is 0 Å². The molecule has 5 nitrogen and oxygen atoms in total. The maximum Gasteiger partial charge on any atom is 0.220 e. The first kappa shape index (κ1) is 14.3. The van der Waals surface area contributed by atoms with Crippen LogP contribution in [0.1, 0.15) is 24.9 Å². The molecule has 0 aliphatic heterocycles. The summed E-state index contributed by atoms with van der Waals surface area (Å²) >= 11 is 0. The van der Waals surface area contributed by atoms with E-state index in [-0.39, 0.29) is 25.0 Å². The molecule has 0 aromatic heterocycles. The second-order valence-electron chi connectivity index (χ2n) is 3.99. The molecule has 0 heterocycles. The molecule has 0 bridgehead atoms. The summed E-state index contributed by atoms with van der Waals surface area (Å²) in [5.41, 5.74) is 6.16. The molecule has 1 unspecified atom stereocenters. The van der Waals surface area contributed by atoms with Gasteiger partial charge in [0.1, 0.15) is 0 Å². The van der Waals surface area contributed by atoms with Crippen molar-refractivity contribution in [2.45, 2.75) is 19.4 Å². The van der Waals surface area contributed by atoms with E-state index in [4.69, 9.17) is 15.2 Å². The third-order valence-corrected chi connectivity index (χ3v) is 2.73. The molecular formula is C13H20N2O3. The predicted octanol–water partition coefficient (Wildman–Crippen LogP) is 1.23. The van der Waals surface area contributed by atoms with Gasteiger partial charge in [0.05, 0.1) is 20.1 Å². The highest BCUT2D eigenvalue weighted by Crippen LogP contribution is 2.30. The summed E-state index contributed by atoms with van der Waals surface area (Å²) in [7, 11) is 3.48. The number of nitrogens with two attached hydrogens (primary N) is 1. The van der Waals surface area contributed by atoms with E-state index in [0.717, 1.165) is 5.56 Å². The van der Waals surface area contributed by atoms with Crippen LogP contribution >= 0.6 is 0 Å². The first-order chi connectivity index (χ1) is 8.58. The summed E-state index contributed by atoms with van der Waals surface area (Å²) in [5, 5.41) is 3.15. The molecule has 0 aliphatic carbocycles. The molecule has 3 N–H and O–H groups in total. The third-order valence-electron chi connectivity index (χ3n) is 2.73. The van der Waals surface area contributed by atoms with E-state index in [1.54, 1.807) is 7.11 Å². The van der Waals surface area contributed by atoms with Crippen molar-refractivity contribution in [1.29, 1.82) is 0 Å². The van der Waals surface area contributed by atoms with Crippen molar-refractivity contribution in [3.05, 3.63) is 23.8 Å². The van der Waals surface area contributed by atoms with Gasteiger partial charge in [-0.15, -0.1) is 0 Å². The molecule has 100 valence electrons. The fourth-order valence-electron chi connectivity index (χ4n) is 1.50. The lowest BCUT2D eigenvalue weighted by atomic mass is 10.1.